The Bertz CT molecular complexity index is 556. The second-order valence-electron chi connectivity index (χ2n) is 4.46. The Morgan fingerprint density at radius 3 is 2.35 bits per heavy atom. The largest absolute Gasteiger partial charge is 0.468 e. The summed E-state index contributed by atoms with van der Waals surface area (Å²) in [5, 5.41) is 0. The Hall–Kier alpha value is -1.47. The maximum Gasteiger partial charge on any atom is 0.324 e. The molecule has 1 rings (SSSR count). The first-order valence-electron chi connectivity index (χ1n) is 6.17. The average molecular weight is 303 g/mol. The minimum absolute atomic E-state index is 0.101. The van der Waals surface area contributed by atoms with Crippen LogP contribution in [0.2, 0.25) is 0 Å². The van der Waals surface area contributed by atoms with Gasteiger partial charge in [0.25, 0.3) is 0 Å². The standard InChI is InChI=1S/C13H18FNO4S/c1-4-9(2)12(13(16)19-3)15-20(17,18)11-7-5-10(14)6-8-11/h5-9,12,15H,4H2,1-3H3/t9-,12-/m1/s1. The summed E-state index contributed by atoms with van der Waals surface area (Å²) in [7, 11) is -2.71. The summed E-state index contributed by atoms with van der Waals surface area (Å²) in [6.07, 6.45) is 0.603. The third kappa shape index (κ3) is 4.01. The van der Waals surface area contributed by atoms with E-state index in [1.54, 1.807) is 6.92 Å². The van der Waals surface area contributed by atoms with Crippen LogP contribution in [-0.2, 0) is 19.6 Å². The first-order chi connectivity index (χ1) is 9.31. The molecule has 2 atom stereocenters. The third-order valence-corrected chi connectivity index (χ3v) is 4.53. The van der Waals surface area contributed by atoms with Crippen LogP contribution in [0.25, 0.3) is 0 Å². The van der Waals surface area contributed by atoms with Gasteiger partial charge in [-0.15, -0.1) is 0 Å². The molecule has 5 nitrogen and oxygen atoms in total. The topological polar surface area (TPSA) is 72.5 Å². The molecule has 7 heteroatoms. The number of halogens is 1. The van der Waals surface area contributed by atoms with Gasteiger partial charge in [0.05, 0.1) is 12.0 Å². The van der Waals surface area contributed by atoms with E-state index >= 15 is 0 Å². The van der Waals surface area contributed by atoms with Gasteiger partial charge < -0.3 is 4.74 Å². The summed E-state index contributed by atoms with van der Waals surface area (Å²) in [4.78, 5) is 11.6. The van der Waals surface area contributed by atoms with Gasteiger partial charge in [-0.3, -0.25) is 4.79 Å². The van der Waals surface area contributed by atoms with E-state index in [0.717, 1.165) is 24.3 Å². The number of carbonyl (C=O) groups is 1. The van der Waals surface area contributed by atoms with E-state index < -0.39 is 27.9 Å². The van der Waals surface area contributed by atoms with E-state index in [1.807, 2.05) is 6.92 Å². The molecule has 0 aliphatic carbocycles. The van der Waals surface area contributed by atoms with Crippen molar-refractivity contribution in [3.63, 3.8) is 0 Å². The van der Waals surface area contributed by atoms with Crippen molar-refractivity contribution < 1.29 is 22.3 Å². The van der Waals surface area contributed by atoms with Gasteiger partial charge in [-0.05, 0) is 30.2 Å². The molecule has 0 amide bonds. The molecule has 0 bridgehead atoms. The van der Waals surface area contributed by atoms with Gasteiger partial charge in [0.1, 0.15) is 11.9 Å². The normalized spacial score (nSPS) is 14.6. The fraction of sp³-hybridized carbons (Fsp3) is 0.462. The Kier molecular flexibility index (Phi) is 5.64. The van der Waals surface area contributed by atoms with Crippen molar-refractivity contribution in [2.24, 2.45) is 5.92 Å². The summed E-state index contributed by atoms with van der Waals surface area (Å²) < 4.78 is 44.0. The van der Waals surface area contributed by atoms with E-state index in [4.69, 9.17) is 0 Å². The van der Waals surface area contributed by atoms with E-state index in [9.17, 15) is 17.6 Å². The maximum atomic E-state index is 12.8. The van der Waals surface area contributed by atoms with Gasteiger partial charge in [0.15, 0.2) is 0 Å². The third-order valence-electron chi connectivity index (χ3n) is 3.07. The molecule has 0 saturated heterocycles. The Morgan fingerprint density at radius 1 is 1.35 bits per heavy atom. The number of esters is 1. The summed E-state index contributed by atoms with van der Waals surface area (Å²) >= 11 is 0. The van der Waals surface area contributed by atoms with E-state index in [-0.39, 0.29) is 10.8 Å². The molecule has 0 aliphatic heterocycles. The van der Waals surface area contributed by atoms with Crippen LogP contribution in [0.5, 0.6) is 0 Å². The van der Waals surface area contributed by atoms with Crippen LogP contribution in [0.1, 0.15) is 20.3 Å². The van der Waals surface area contributed by atoms with Crippen LogP contribution in [-0.4, -0.2) is 27.5 Å². The molecule has 0 radical (unpaired) electrons. The molecule has 0 fully saturated rings. The summed E-state index contributed by atoms with van der Waals surface area (Å²) in [5.74, 6) is -1.40. The summed E-state index contributed by atoms with van der Waals surface area (Å²) in [6, 6.07) is 3.40. The average Bonchev–Trinajstić information content (AvgIpc) is 2.43. The summed E-state index contributed by atoms with van der Waals surface area (Å²) in [5.41, 5.74) is 0. The number of carbonyl (C=O) groups excluding carboxylic acids is 1. The zero-order chi connectivity index (χ0) is 15.3. The van der Waals surface area contributed by atoms with Crippen molar-refractivity contribution >= 4 is 16.0 Å². The Balaban J connectivity index is 3.02. The molecule has 0 heterocycles. The smallest absolute Gasteiger partial charge is 0.324 e. The predicted octanol–water partition coefficient (Wildman–Crippen LogP) is 1.69. The predicted molar refractivity (Wildman–Crippen MR) is 72.0 cm³/mol. The number of benzene rings is 1. The van der Waals surface area contributed by atoms with Crippen molar-refractivity contribution in [2.75, 3.05) is 7.11 Å². The molecule has 0 saturated carbocycles. The van der Waals surface area contributed by atoms with Crippen LogP contribution >= 0.6 is 0 Å². The highest BCUT2D eigenvalue weighted by atomic mass is 32.2. The number of methoxy groups -OCH3 is 1. The molecule has 1 aromatic carbocycles. The van der Waals surface area contributed by atoms with E-state index in [2.05, 4.69) is 9.46 Å². The molecule has 0 aromatic heterocycles. The molecule has 1 aromatic rings. The second kappa shape index (κ2) is 6.81. The first kappa shape index (κ1) is 16.6. The van der Waals surface area contributed by atoms with Gasteiger partial charge >= 0.3 is 5.97 Å². The van der Waals surface area contributed by atoms with Crippen molar-refractivity contribution in [3.05, 3.63) is 30.1 Å². The molecular formula is C13H18FNO4S. The van der Waals surface area contributed by atoms with Gasteiger partial charge in [-0.25, -0.2) is 12.8 Å². The van der Waals surface area contributed by atoms with Crippen LogP contribution < -0.4 is 4.72 Å². The number of nitrogens with one attached hydrogen (secondary N) is 1. The molecule has 0 spiro atoms. The van der Waals surface area contributed by atoms with Crippen LogP contribution in [0, 0.1) is 11.7 Å². The number of sulfonamides is 1. The quantitative estimate of drug-likeness (QED) is 0.812. The molecule has 1 N–H and O–H groups in total. The minimum atomic E-state index is -3.90. The van der Waals surface area contributed by atoms with Crippen molar-refractivity contribution in [1.29, 1.82) is 0 Å². The van der Waals surface area contributed by atoms with E-state index in [1.165, 1.54) is 7.11 Å². The van der Waals surface area contributed by atoms with Crippen LogP contribution in [0.15, 0.2) is 29.2 Å². The lowest BCUT2D eigenvalue weighted by atomic mass is 10.0. The lowest BCUT2D eigenvalue weighted by molar-refractivity contribution is -0.143. The number of rotatable bonds is 6. The van der Waals surface area contributed by atoms with Crippen molar-refractivity contribution in [1.82, 2.24) is 4.72 Å². The monoisotopic (exact) mass is 303 g/mol. The number of ether oxygens (including phenoxy) is 1. The molecular weight excluding hydrogens is 285 g/mol. The van der Waals surface area contributed by atoms with Crippen LogP contribution in [0.4, 0.5) is 4.39 Å². The van der Waals surface area contributed by atoms with Gasteiger partial charge in [-0.2, -0.15) is 4.72 Å². The lowest BCUT2D eigenvalue weighted by Crippen LogP contribution is -2.45. The highest BCUT2D eigenvalue weighted by Crippen LogP contribution is 2.15. The van der Waals surface area contributed by atoms with Gasteiger partial charge in [0, 0.05) is 0 Å². The highest BCUT2D eigenvalue weighted by Gasteiger charge is 2.30. The lowest BCUT2D eigenvalue weighted by Gasteiger charge is -2.21. The highest BCUT2D eigenvalue weighted by molar-refractivity contribution is 7.89. The molecule has 20 heavy (non-hydrogen) atoms. The van der Waals surface area contributed by atoms with Gasteiger partial charge in [-0.1, -0.05) is 20.3 Å². The van der Waals surface area contributed by atoms with E-state index in [0.29, 0.717) is 6.42 Å². The summed E-state index contributed by atoms with van der Waals surface area (Å²) in [6.45, 7) is 3.58. The minimum Gasteiger partial charge on any atom is -0.468 e. The number of hydrogen-bond acceptors (Lipinski definition) is 4. The van der Waals surface area contributed by atoms with Gasteiger partial charge in [0.2, 0.25) is 10.0 Å². The fourth-order valence-electron chi connectivity index (χ4n) is 1.61. The molecule has 0 unspecified atom stereocenters. The maximum absolute atomic E-state index is 12.8. The molecule has 112 valence electrons. The Morgan fingerprint density at radius 2 is 1.90 bits per heavy atom. The second-order valence-corrected chi connectivity index (χ2v) is 6.18. The first-order valence-corrected chi connectivity index (χ1v) is 7.65. The zero-order valence-corrected chi connectivity index (χ0v) is 12.4. The Labute approximate surface area is 118 Å². The van der Waals surface area contributed by atoms with Crippen molar-refractivity contribution in [3.8, 4) is 0 Å². The fourth-order valence-corrected chi connectivity index (χ4v) is 2.90. The SMILES string of the molecule is CC[C@@H](C)[C@@H](NS(=O)(=O)c1ccc(F)cc1)C(=O)OC. The molecule has 0 aliphatic rings. The number of hydrogen-bond donors (Lipinski definition) is 1. The van der Waals surface area contributed by atoms with Crippen molar-refractivity contribution in [2.45, 2.75) is 31.2 Å². The van der Waals surface area contributed by atoms with Crippen LogP contribution in [0.3, 0.4) is 0 Å². The zero-order valence-electron chi connectivity index (χ0n) is 11.6.